The predicted molar refractivity (Wildman–Crippen MR) is 193 cm³/mol. The summed E-state index contributed by atoms with van der Waals surface area (Å²) in [6, 6.07) is 63.3. The molecule has 2 nitrogen and oxygen atoms in total. The zero-order valence-corrected chi connectivity index (χ0v) is 25.6. The summed E-state index contributed by atoms with van der Waals surface area (Å²) in [7, 11) is -2.65. The number of benzene rings is 7. The molecule has 0 radical (unpaired) electrons. The Bertz CT molecular complexity index is 2380. The summed E-state index contributed by atoms with van der Waals surface area (Å²) < 4.78 is 2.46. The van der Waals surface area contributed by atoms with Crippen molar-refractivity contribution in [3.63, 3.8) is 0 Å². The molecule has 1 aliphatic heterocycles. The summed E-state index contributed by atoms with van der Waals surface area (Å²) in [5.41, 5.74) is 7.54. The van der Waals surface area contributed by atoms with Crippen LogP contribution in [0, 0.1) is 0 Å². The summed E-state index contributed by atoms with van der Waals surface area (Å²) in [5, 5.41) is 10.8. The standard InChI is InChI=1S/C42H28N2Si/c1-3-15-30(16-4-1)45(31-17-5-2-6-18-31)40-25-13-11-23-38(40)43(39-24-12-14-26-41(39)45)29-27-34-32-19-7-9-21-36(32)44-37-22-10-8-20-33(37)35(28-29)42(34)44/h1-28H. The molecule has 9 aromatic rings. The molecule has 7 aromatic carbocycles. The molecule has 10 rings (SSSR count). The van der Waals surface area contributed by atoms with Crippen molar-refractivity contribution in [2.24, 2.45) is 0 Å². The van der Waals surface area contributed by atoms with Crippen LogP contribution in [0.3, 0.4) is 0 Å². The third kappa shape index (κ3) is 3.18. The number of fused-ring (bicyclic) bond motifs is 8. The van der Waals surface area contributed by atoms with E-state index in [0.29, 0.717) is 0 Å². The number of hydrogen-bond acceptors (Lipinski definition) is 1. The smallest absolute Gasteiger partial charge is 0.184 e. The van der Waals surface area contributed by atoms with Crippen LogP contribution in [0.25, 0.3) is 38.1 Å². The highest BCUT2D eigenvalue weighted by Gasteiger charge is 2.48. The quantitative estimate of drug-likeness (QED) is 0.190. The molecule has 0 bridgehead atoms. The Kier molecular flexibility index (Phi) is 5.05. The van der Waals surface area contributed by atoms with E-state index in [2.05, 4.69) is 179 Å². The van der Waals surface area contributed by atoms with Gasteiger partial charge in [-0.3, -0.25) is 0 Å². The van der Waals surface area contributed by atoms with Crippen LogP contribution >= 0.6 is 0 Å². The highest BCUT2D eigenvalue weighted by molar-refractivity contribution is 7.21. The van der Waals surface area contributed by atoms with Gasteiger partial charge in [0.25, 0.3) is 0 Å². The van der Waals surface area contributed by atoms with Crippen LogP contribution in [0.15, 0.2) is 170 Å². The van der Waals surface area contributed by atoms with E-state index in [-0.39, 0.29) is 0 Å². The molecule has 0 spiro atoms. The number of hydrogen-bond donors (Lipinski definition) is 0. The van der Waals surface area contributed by atoms with Crippen molar-refractivity contribution in [1.82, 2.24) is 4.40 Å². The van der Waals surface area contributed by atoms with Gasteiger partial charge in [0.2, 0.25) is 0 Å². The lowest BCUT2D eigenvalue weighted by atomic mass is 10.1. The fraction of sp³-hybridized carbons (Fsp3) is 0. The van der Waals surface area contributed by atoms with E-state index in [0.717, 1.165) is 0 Å². The lowest BCUT2D eigenvalue weighted by Crippen LogP contribution is -2.77. The Labute approximate surface area is 262 Å². The molecule has 3 heterocycles. The van der Waals surface area contributed by atoms with Crippen LogP contribution in [0.2, 0.25) is 0 Å². The maximum atomic E-state index is 2.53. The Hall–Kier alpha value is -5.64. The molecule has 0 unspecified atom stereocenters. The molecular weight excluding hydrogens is 561 g/mol. The minimum Gasteiger partial charge on any atom is -0.311 e. The third-order valence-corrected chi connectivity index (χ3v) is 14.8. The Morgan fingerprint density at radius 3 is 1.31 bits per heavy atom. The first-order valence-corrected chi connectivity index (χ1v) is 17.6. The molecule has 0 atom stereocenters. The summed E-state index contributed by atoms with van der Waals surface area (Å²) in [6.07, 6.45) is 0. The summed E-state index contributed by atoms with van der Waals surface area (Å²) in [4.78, 5) is 2.53. The maximum Gasteiger partial charge on any atom is 0.184 e. The van der Waals surface area contributed by atoms with Crippen molar-refractivity contribution in [2.45, 2.75) is 0 Å². The van der Waals surface area contributed by atoms with Gasteiger partial charge in [0.15, 0.2) is 8.07 Å². The van der Waals surface area contributed by atoms with Crippen LogP contribution < -0.4 is 25.6 Å². The Morgan fingerprint density at radius 2 is 0.800 bits per heavy atom. The summed E-state index contributed by atoms with van der Waals surface area (Å²) >= 11 is 0. The van der Waals surface area contributed by atoms with Crippen molar-refractivity contribution in [2.75, 3.05) is 4.90 Å². The minimum absolute atomic E-state index is 1.20. The van der Waals surface area contributed by atoms with Gasteiger partial charge >= 0.3 is 0 Å². The molecule has 0 saturated carbocycles. The van der Waals surface area contributed by atoms with Gasteiger partial charge in [0, 0.05) is 38.6 Å². The minimum atomic E-state index is -2.65. The summed E-state index contributed by atoms with van der Waals surface area (Å²) in [6.45, 7) is 0. The first-order chi connectivity index (χ1) is 22.4. The molecule has 0 N–H and O–H groups in total. The molecule has 0 aliphatic carbocycles. The van der Waals surface area contributed by atoms with Crippen molar-refractivity contribution in [1.29, 1.82) is 0 Å². The van der Waals surface area contributed by atoms with Crippen LogP contribution in [-0.2, 0) is 0 Å². The second-order valence-electron chi connectivity index (χ2n) is 12.1. The zero-order chi connectivity index (χ0) is 29.5. The second kappa shape index (κ2) is 9.18. The number of anilines is 3. The zero-order valence-electron chi connectivity index (χ0n) is 24.6. The molecule has 1 aliphatic rings. The van der Waals surface area contributed by atoms with Crippen molar-refractivity contribution in [3.05, 3.63) is 170 Å². The number of nitrogens with zero attached hydrogens (tertiary/aromatic N) is 2. The Morgan fingerprint density at radius 1 is 0.378 bits per heavy atom. The normalized spacial score (nSPS) is 13.9. The highest BCUT2D eigenvalue weighted by atomic mass is 28.3. The monoisotopic (exact) mass is 588 g/mol. The van der Waals surface area contributed by atoms with E-state index < -0.39 is 8.07 Å². The molecule has 0 amide bonds. The van der Waals surface area contributed by atoms with Crippen LogP contribution in [0.1, 0.15) is 0 Å². The van der Waals surface area contributed by atoms with E-state index in [9.17, 15) is 0 Å². The largest absolute Gasteiger partial charge is 0.311 e. The van der Waals surface area contributed by atoms with Crippen LogP contribution in [0.5, 0.6) is 0 Å². The average molecular weight is 589 g/mol. The molecule has 210 valence electrons. The van der Waals surface area contributed by atoms with Crippen LogP contribution in [0.4, 0.5) is 17.1 Å². The highest BCUT2D eigenvalue weighted by Crippen LogP contribution is 2.45. The molecular formula is C42H28N2Si. The lowest BCUT2D eigenvalue weighted by Gasteiger charge is -2.45. The van der Waals surface area contributed by atoms with Gasteiger partial charge in [-0.2, -0.15) is 0 Å². The van der Waals surface area contributed by atoms with Gasteiger partial charge in [-0.25, -0.2) is 0 Å². The van der Waals surface area contributed by atoms with Crippen LogP contribution in [-0.4, -0.2) is 12.5 Å². The summed E-state index contributed by atoms with van der Waals surface area (Å²) in [5.74, 6) is 0. The number of rotatable bonds is 3. The second-order valence-corrected chi connectivity index (χ2v) is 15.8. The molecule has 0 fully saturated rings. The van der Waals surface area contributed by atoms with Gasteiger partial charge in [-0.05, 0) is 57.1 Å². The molecule has 0 saturated heterocycles. The van der Waals surface area contributed by atoms with Gasteiger partial charge in [-0.15, -0.1) is 0 Å². The molecule has 2 aromatic heterocycles. The van der Waals surface area contributed by atoms with Gasteiger partial charge in [-0.1, -0.05) is 133 Å². The van der Waals surface area contributed by atoms with E-state index >= 15 is 0 Å². The van der Waals surface area contributed by atoms with E-state index in [1.807, 2.05) is 0 Å². The van der Waals surface area contributed by atoms with Crippen molar-refractivity contribution < 1.29 is 0 Å². The van der Waals surface area contributed by atoms with E-state index in [4.69, 9.17) is 0 Å². The fourth-order valence-corrected chi connectivity index (χ4v) is 13.4. The predicted octanol–water partition coefficient (Wildman–Crippen LogP) is 8.00. The topological polar surface area (TPSA) is 7.65 Å². The fourth-order valence-electron chi connectivity index (χ4n) is 8.25. The third-order valence-electron chi connectivity index (χ3n) is 9.96. The van der Waals surface area contributed by atoms with Crippen molar-refractivity contribution in [3.8, 4) is 0 Å². The van der Waals surface area contributed by atoms with E-state index in [1.165, 1.54) is 75.9 Å². The van der Waals surface area contributed by atoms with Gasteiger partial charge in [0.05, 0.1) is 16.6 Å². The molecule has 3 heteroatoms. The first-order valence-electron chi connectivity index (χ1n) is 15.6. The SMILES string of the molecule is c1ccc([Si]2(c3ccccc3)c3ccccc3N(c3cc4c5ccccc5n5c6ccccc6c(c3)c45)c3ccccc32)cc1. The van der Waals surface area contributed by atoms with Gasteiger partial charge in [0.1, 0.15) is 0 Å². The first kappa shape index (κ1) is 24.8. The van der Waals surface area contributed by atoms with Gasteiger partial charge < -0.3 is 9.30 Å². The lowest BCUT2D eigenvalue weighted by molar-refractivity contribution is 1.30. The number of para-hydroxylation sites is 4. The maximum absolute atomic E-state index is 2.65. The van der Waals surface area contributed by atoms with Crippen molar-refractivity contribution >= 4 is 84.0 Å². The molecule has 45 heavy (non-hydrogen) atoms. The number of aromatic nitrogens is 1. The Balaban J connectivity index is 1.35. The van der Waals surface area contributed by atoms with E-state index in [1.54, 1.807) is 0 Å². The average Bonchev–Trinajstić information content (AvgIpc) is 3.63.